The number of benzene rings is 6. The maximum atomic E-state index is 6.81. The molecule has 0 aromatic heterocycles. The Morgan fingerprint density at radius 2 is 1.29 bits per heavy atom. The molecule has 3 heteroatoms. The van der Waals surface area contributed by atoms with Crippen molar-refractivity contribution in [2.75, 3.05) is 11.9 Å². The van der Waals surface area contributed by atoms with E-state index in [1.165, 1.54) is 44.1 Å². The molecule has 0 radical (unpaired) electrons. The number of ether oxygens (including phenoxy) is 1. The summed E-state index contributed by atoms with van der Waals surface area (Å²) in [5.41, 5.74) is 8.22. The standard InChI is InChI=1S/C39H29N2O/c1-40-34-22-20-29-16-8-10-18-31(29)38(34)33(24-27-12-4-2-5-13-27)36(40)25-37-41(26-28-14-6-3-7-15-28)35-23-21-30-17-9-11-19-32(30)39(35)42-37/h2-25H,26H2,1H3/q+1/b33-24+. The minimum Gasteiger partial charge on any atom is -0.438 e. The molecule has 8 rings (SSSR count). The summed E-state index contributed by atoms with van der Waals surface area (Å²) in [7, 11) is 2.16. The van der Waals surface area contributed by atoms with Crippen LogP contribution in [0.25, 0.3) is 33.2 Å². The molecule has 0 N–H and O–H groups in total. The summed E-state index contributed by atoms with van der Waals surface area (Å²) in [5.74, 6) is 1.73. The number of fused-ring (bicyclic) bond motifs is 6. The van der Waals surface area contributed by atoms with Gasteiger partial charge >= 0.3 is 0 Å². The molecule has 0 aliphatic carbocycles. The Bertz CT molecular complexity index is 2090. The van der Waals surface area contributed by atoms with Gasteiger partial charge in [-0.15, -0.1) is 0 Å². The van der Waals surface area contributed by atoms with Crippen LogP contribution in [0.1, 0.15) is 16.7 Å². The zero-order chi connectivity index (χ0) is 28.0. The second-order valence-corrected chi connectivity index (χ2v) is 10.9. The Balaban J connectivity index is 1.33. The van der Waals surface area contributed by atoms with Gasteiger partial charge in [0.1, 0.15) is 7.05 Å². The minimum absolute atomic E-state index is 0.711. The Labute approximate surface area is 245 Å². The van der Waals surface area contributed by atoms with Crippen molar-refractivity contribution in [3.63, 3.8) is 0 Å². The van der Waals surface area contributed by atoms with Gasteiger partial charge in [-0.2, -0.15) is 4.58 Å². The Kier molecular flexibility index (Phi) is 5.75. The number of anilines is 1. The summed E-state index contributed by atoms with van der Waals surface area (Å²) in [6.45, 7) is 0.711. The SMILES string of the molecule is C[N+]1=C(/C=C2\Oc3c(ccc4ccccc34)N2Cc2ccccc2)/C(=C\c2ccccc2)c2c1ccc1ccccc21. The highest BCUT2D eigenvalue weighted by Crippen LogP contribution is 2.46. The lowest BCUT2D eigenvalue weighted by molar-refractivity contribution is -0.399. The van der Waals surface area contributed by atoms with E-state index in [0.29, 0.717) is 6.54 Å². The van der Waals surface area contributed by atoms with Crippen LogP contribution < -0.4 is 9.64 Å². The van der Waals surface area contributed by atoms with Gasteiger partial charge in [0.25, 0.3) is 0 Å². The van der Waals surface area contributed by atoms with Gasteiger partial charge in [-0.05, 0) is 45.5 Å². The van der Waals surface area contributed by atoms with E-state index in [2.05, 4.69) is 162 Å². The quantitative estimate of drug-likeness (QED) is 0.207. The van der Waals surface area contributed by atoms with Crippen molar-refractivity contribution in [1.29, 1.82) is 0 Å². The van der Waals surface area contributed by atoms with E-state index in [1.54, 1.807) is 0 Å². The lowest BCUT2D eigenvalue weighted by Crippen LogP contribution is -2.21. The zero-order valence-electron chi connectivity index (χ0n) is 23.4. The van der Waals surface area contributed by atoms with Crippen LogP contribution >= 0.6 is 0 Å². The van der Waals surface area contributed by atoms with Gasteiger partial charge in [0, 0.05) is 11.5 Å². The van der Waals surface area contributed by atoms with E-state index < -0.39 is 0 Å². The normalized spacial score (nSPS) is 16.0. The van der Waals surface area contributed by atoms with Gasteiger partial charge in [0.2, 0.25) is 17.3 Å². The number of rotatable bonds is 4. The average molecular weight is 542 g/mol. The average Bonchev–Trinajstić information content (AvgIpc) is 3.52. The van der Waals surface area contributed by atoms with E-state index in [0.717, 1.165) is 28.4 Å². The van der Waals surface area contributed by atoms with Gasteiger partial charge in [-0.1, -0.05) is 115 Å². The van der Waals surface area contributed by atoms with Crippen molar-refractivity contribution in [1.82, 2.24) is 0 Å². The van der Waals surface area contributed by atoms with Crippen LogP contribution in [0.3, 0.4) is 0 Å². The molecule has 3 nitrogen and oxygen atoms in total. The van der Waals surface area contributed by atoms with Crippen LogP contribution in [0.4, 0.5) is 11.4 Å². The first-order chi connectivity index (χ1) is 20.7. The Morgan fingerprint density at radius 3 is 2.07 bits per heavy atom. The molecule has 200 valence electrons. The van der Waals surface area contributed by atoms with Crippen LogP contribution in [0.15, 0.2) is 145 Å². The molecule has 0 bridgehead atoms. The predicted octanol–water partition coefficient (Wildman–Crippen LogP) is 9.20. The van der Waals surface area contributed by atoms with E-state index in [4.69, 9.17) is 4.74 Å². The molecule has 0 atom stereocenters. The second kappa shape index (κ2) is 9.90. The number of hydrogen-bond donors (Lipinski definition) is 0. The molecule has 0 saturated heterocycles. The number of nitrogens with zero attached hydrogens (tertiary/aromatic N) is 2. The van der Waals surface area contributed by atoms with Crippen molar-refractivity contribution in [3.05, 3.63) is 162 Å². The molecule has 0 amide bonds. The summed E-state index contributed by atoms with van der Waals surface area (Å²) in [5, 5.41) is 4.78. The third kappa shape index (κ3) is 4.02. The van der Waals surface area contributed by atoms with Crippen molar-refractivity contribution in [2.24, 2.45) is 0 Å². The second-order valence-electron chi connectivity index (χ2n) is 10.9. The monoisotopic (exact) mass is 541 g/mol. The van der Waals surface area contributed by atoms with Crippen molar-refractivity contribution in [2.45, 2.75) is 6.54 Å². The number of allylic oxidation sites excluding steroid dienone is 2. The molecular weight excluding hydrogens is 512 g/mol. The molecule has 0 unspecified atom stereocenters. The first-order valence-electron chi connectivity index (χ1n) is 14.4. The Hall–Kier alpha value is -5.41. The third-order valence-corrected chi connectivity index (χ3v) is 8.35. The van der Waals surface area contributed by atoms with E-state index in [-0.39, 0.29) is 0 Å². The van der Waals surface area contributed by atoms with Gasteiger partial charge in [-0.3, -0.25) is 0 Å². The van der Waals surface area contributed by atoms with Crippen LogP contribution in [0.2, 0.25) is 0 Å². The predicted molar refractivity (Wildman–Crippen MR) is 174 cm³/mol. The van der Waals surface area contributed by atoms with Crippen molar-refractivity contribution in [3.8, 4) is 5.75 Å². The van der Waals surface area contributed by atoms with Crippen molar-refractivity contribution >= 4 is 50.3 Å². The topological polar surface area (TPSA) is 15.5 Å². The molecule has 6 aromatic carbocycles. The fraction of sp³-hybridized carbons (Fsp3) is 0.0513. The summed E-state index contributed by atoms with van der Waals surface area (Å²) in [6.07, 6.45) is 4.53. The first-order valence-corrected chi connectivity index (χ1v) is 14.4. The van der Waals surface area contributed by atoms with Crippen LogP contribution in [0, 0.1) is 0 Å². The van der Waals surface area contributed by atoms with Crippen molar-refractivity contribution < 1.29 is 9.31 Å². The van der Waals surface area contributed by atoms with Crippen LogP contribution in [-0.2, 0) is 6.54 Å². The Morgan fingerprint density at radius 1 is 0.643 bits per heavy atom. The fourth-order valence-electron chi connectivity index (χ4n) is 6.28. The molecule has 0 spiro atoms. The highest BCUT2D eigenvalue weighted by atomic mass is 16.5. The fourth-order valence-corrected chi connectivity index (χ4v) is 6.28. The van der Waals surface area contributed by atoms with Gasteiger partial charge in [-0.25, -0.2) is 0 Å². The summed E-state index contributed by atoms with van der Waals surface area (Å²) in [6, 6.07) is 47.1. The molecular formula is C39H29N2O+. The summed E-state index contributed by atoms with van der Waals surface area (Å²) < 4.78 is 9.11. The third-order valence-electron chi connectivity index (χ3n) is 8.35. The maximum absolute atomic E-state index is 6.81. The molecule has 0 fully saturated rings. The first kappa shape index (κ1) is 24.4. The summed E-state index contributed by atoms with van der Waals surface area (Å²) >= 11 is 0. The van der Waals surface area contributed by atoms with Gasteiger partial charge < -0.3 is 9.64 Å². The minimum atomic E-state index is 0.711. The van der Waals surface area contributed by atoms with Gasteiger partial charge in [0.15, 0.2) is 5.75 Å². The zero-order valence-corrected chi connectivity index (χ0v) is 23.4. The smallest absolute Gasteiger partial charge is 0.219 e. The molecule has 2 aliphatic rings. The highest BCUT2D eigenvalue weighted by molar-refractivity contribution is 6.36. The number of hydrogen-bond acceptors (Lipinski definition) is 2. The largest absolute Gasteiger partial charge is 0.438 e. The van der Waals surface area contributed by atoms with E-state index in [9.17, 15) is 0 Å². The molecule has 2 heterocycles. The van der Waals surface area contributed by atoms with E-state index >= 15 is 0 Å². The molecule has 0 saturated carbocycles. The highest BCUT2D eigenvalue weighted by Gasteiger charge is 2.36. The van der Waals surface area contributed by atoms with E-state index in [1.807, 2.05) is 0 Å². The lowest BCUT2D eigenvalue weighted by atomic mass is 9.94. The van der Waals surface area contributed by atoms with Crippen LogP contribution in [-0.4, -0.2) is 17.3 Å². The van der Waals surface area contributed by atoms with Crippen LogP contribution in [0.5, 0.6) is 5.75 Å². The molecule has 2 aliphatic heterocycles. The maximum Gasteiger partial charge on any atom is 0.219 e. The van der Waals surface area contributed by atoms with Gasteiger partial charge in [0.05, 0.1) is 29.4 Å². The molecule has 42 heavy (non-hydrogen) atoms. The lowest BCUT2D eigenvalue weighted by Gasteiger charge is -2.18. The molecule has 6 aromatic rings. The summed E-state index contributed by atoms with van der Waals surface area (Å²) in [4.78, 5) is 2.30.